The van der Waals surface area contributed by atoms with Crippen LogP contribution in [0.15, 0.2) is 36.4 Å². The highest BCUT2D eigenvalue weighted by Gasteiger charge is 2.22. The SMILES string of the molecule is C[C@@H](NC(=O)N(C)[C@@H](C)c1ccc(Cl)cc1Cl)c1ccc2c(c1)OCO2. The summed E-state index contributed by atoms with van der Waals surface area (Å²) in [6.45, 7) is 4.06. The fourth-order valence-corrected chi connectivity index (χ4v) is 3.34. The van der Waals surface area contributed by atoms with Crippen molar-refractivity contribution >= 4 is 29.2 Å². The van der Waals surface area contributed by atoms with E-state index < -0.39 is 0 Å². The average molecular weight is 395 g/mol. The van der Waals surface area contributed by atoms with Gasteiger partial charge in [-0.15, -0.1) is 0 Å². The summed E-state index contributed by atoms with van der Waals surface area (Å²) < 4.78 is 10.7. The van der Waals surface area contributed by atoms with Crippen molar-refractivity contribution in [3.8, 4) is 11.5 Å². The highest BCUT2D eigenvalue weighted by atomic mass is 35.5. The van der Waals surface area contributed by atoms with E-state index in [9.17, 15) is 4.79 Å². The second kappa shape index (κ2) is 7.64. The molecule has 1 aliphatic heterocycles. The summed E-state index contributed by atoms with van der Waals surface area (Å²) >= 11 is 12.2. The van der Waals surface area contributed by atoms with Crippen LogP contribution in [0.2, 0.25) is 10.0 Å². The van der Waals surface area contributed by atoms with Crippen LogP contribution in [0.5, 0.6) is 11.5 Å². The Labute approximate surface area is 162 Å². The second-order valence-electron chi connectivity index (χ2n) is 6.24. The van der Waals surface area contributed by atoms with Crippen LogP contribution in [-0.4, -0.2) is 24.8 Å². The van der Waals surface area contributed by atoms with Crippen LogP contribution in [0.3, 0.4) is 0 Å². The number of carbonyl (C=O) groups is 1. The van der Waals surface area contributed by atoms with Crippen molar-refractivity contribution in [2.45, 2.75) is 25.9 Å². The minimum atomic E-state index is -0.205. The van der Waals surface area contributed by atoms with Crippen LogP contribution >= 0.6 is 23.2 Å². The first-order chi connectivity index (χ1) is 12.4. The van der Waals surface area contributed by atoms with Crippen molar-refractivity contribution in [1.29, 1.82) is 0 Å². The van der Waals surface area contributed by atoms with Gasteiger partial charge in [-0.25, -0.2) is 4.79 Å². The minimum Gasteiger partial charge on any atom is -0.454 e. The van der Waals surface area contributed by atoms with Crippen molar-refractivity contribution in [2.75, 3.05) is 13.8 Å². The zero-order valence-electron chi connectivity index (χ0n) is 14.8. The summed E-state index contributed by atoms with van der Waals surface area (Å²) in [4.78, 5) is 14.3. The summed E-state index contributed by atoms with van der Waals surface area (Å²) in [5, 5.41) is 4.09. The third-order valence-corrected chi connectivity index (χ3v) is 5.11. The highest BCUT2D eigenvalue weighted by Crippen LogP contribution is 2.34. The molecule has 26 heavy (non-hydrogen) atoms. The van der Waals surface area contributed by atoms with Crippen molar-refractivity contribution in [2.24, 2.45) is 0 Å². The molecule has 0 saturated heterocycles. The van der Waals surface area contributed by atoms with E-state index >= 15 is 0 Å². The number of benzene rings is 2. The topological polar surface area (TPSA) is 50.8 Å². The first-order valence-electron chi connectivity index (χ1n) is 8.24. The van der Waals surface area contributed by atoms with Crippen molar-refractivity contribution < 1.29 is 14.3 Å². The molecule has 0 saturated carbocycles. The molecule has 1 N–H and O–H groups in total. The number of nitrogens with one attached hydrogen (secondary N) is 1. The van der Waals surface area contributed by atoms with Crippen molar-refractivity contribution in [1.82, 2.24) is 10.2 Å². The second-order valence-corrected chi connectivity index (χ2v) is 7.08. The normalized spacial score (nSPS) is 14.7. The predicted molar refractivity (Wildman–Crippen MR) is 102 cm³/mol. The molecule has 2 amide bonds. The molecule has 2 atom stereocenters. The molecule has 0 aromatic heterocycles. The maximum atomic E-state index is 12.6. The lowest BCUT2D eigenvalue weighted by Crippen LogP contribution is -2.40. The van der Waals surface area contributed by atoms with Gasteiger partial charge in [0.2, 0.25) is 6.79 Å². The summed E-state index contributed by atoms with van der Waals surface area (Å²) in [5.41, 5.74) is 1.78. The van der Waals surface area contributed by atoms with E-state index in [-0.39, 0.29) is 24.9 Å². The van der Waals surface area contributed by atoms with Crippen LogP contribution in [0.1, 0.15) is 37.1 Å². The molecule has 0 spiro atoms. The number of hydrogen-bond donors (Lipinski definition) is 1. The highest BCUT2D eigenvalue weighted by molar-refractivity contribution is 6.35. The summed E-state index contributed by atoms with van der Waals surface area (Å²) in [6.07, 6.45) is 0. The van der Waals surface area contributed by atoms with Gasteiger partial charge in [-0.05, 0) is 49.2 Å². The molecule has 0 radical (unpaired) electrons. The Morgan fingerprint density at radius 1 is 1.12 bits per heavy atom. The number of carbonyl (C=O) groups excluding carboxylic acids is 1. The van der Waals surface area contributed by atoms with Crippen LogP contribution in [0, 0.1) is 0 Å². The van der Waals surface area contributed by atoms with Gasteiger partial charge in [0.15, 0.2) is 11.5 Å². The predicted octanol–water partition coefficient (Wildman–Crippen LogP) is 5.19. The Morgan fingerprint density at radius 3 is 2.58 bits per heavy atom. The summed E-state index contributed by atoms with van der Waals surface area (Å²) in [6, 6.07) is 10.3. The molecule has 0 bridgehead atoms. The Balaban J connectivity index is 1.68. The van der Waals surface area contributed by atoms with Gasteiger partial charge in [0.05, 0.1) is 12.1 Å². The molecule has 7 heteroatoms. The first kappa shape index (κ1) is 18.7. The average Bonchev–Trinajstić information content (AvgIpc) is 3.08. The van der Waals surface area contributed by atoms with Crippen LogP contribution < -0.4 is 14.8 Å². The largest absolute Gasteiger partial charge is 0.454 e. The van der Waals surface area contributed by atoms with Crippen molar-refractivity contribution in [3.63, 3.8) is 0 Å². The Hall–Kier alpha value is -2.11. The lowest BCUT2D eigenvalue weighted by molar-refractivity contribution is 0.174. The Bertz CT molecular complexity index is 828. The van der Waals surface area contributed by atoms with Gasteiger partial charge in [0, 0.05) is 17.1 Å². The van der Waals surface area contributed by atoms with Gasteiger partial charge in [-0.3, -0.25) is 0 Å². The number of urea groups is 1. The lowest BCUT2D eigenvalue weighted by atomic mass is 10.1. The monoisotopic (exact) mass is 394 g/mol. The number of fused-ring (bicyclic) bond motifs is 1. The molecule has 1 heterocycles. The molecule has 0 fully saturated rings. The molecular formula is C19H20Cl2N2O3. The number of hydrogen-bond acceptors (Lipinski definition) is 3. The maximum absolute atomic E-state index is 12.6. The van der Waals surface area contributed by atoms with Crippen LogP contribution in [0.25, 0.3) is 0 Å². The molecule has 3 rings (SSSR count). The van der Waals surface area contributed by atoms with E-state index in [0.29, 0.717) is 15.8 Å². The zero-order chi connectivity index (χ0) is 18.8. The first-order valence-corrected chi connectivity index (χ1v) is 9.00. The quantitative estimate of drug-likeness (QED) is 0.776. The maximum Gasteiger partial charge on any atom is 0.318 e. The third kappa shape index (κ3) is 3.84. The summed E-state index contributed by atoms with van der Waals surface area (Å²) in [7, 11) is 1.73. The molecular weight excluding hydrogens is 375 g/mol. The third-order valence-electron chi connectivity index (χ3n) is 4.55. The van der Waals surface area contributed by atoms with Gasteiger partial charge < -0.3 is 19.7 Å². The van der Waals surface area contributed by atoms with E-state index in [1.165, 1.54) is 0 Å². The lowest BCUT2D eigenvalue weighted by Gasteiger charge is -2.28. The number of halogens is 2. The fraction of sp³-hybridized carbons (Fsp3) is 0.316. The van der Waals surface area contributed by atoms with Crippen LogP contribution in [-0.2, 0) is 0 Å². The van der Waals surface area contributed by atoms with Gasteiger partial charge in [-0.1, -0.05) is 35.3 Å². The standard InChI is InChI=1S/C19H20Cl2N2O3/c1-11(13-4-7-17-18(8-13)26-10-25-17)22-19(24)23(3)12(2)15-6-5-14(20)9-16(15)21/h4-9,11-12H,10H2,1-3H3,(H,22,24)/t11-,12+/m1/s1. The Kier molecular flexibility index (Phi) is 5.49. The van der Waals surface area contributed by atoms with Gasteiger partial charge >= 0.3 is 6.03 Å². The number of rotatable bonds is 4. The molecule has 5 nitrogen and oxygen atoms in total. The van der Waals surface area contributed by atoms with Gasteiger partial charge in [-0.2, -0.15) is 0 Å². The molecule has 0 unspecified atom stereocenters. The molecule has 2 aromatic carbocycles. The fourth-order valence-electron chi connectivity index (χ4n) is 2.78. The van der Waals surface area contributed by atoms with E-state index in [2.05, 4.69) is 5.32 Å². The van der Waals surface area contributed by atoms with E-state index in [1.807, 2.05) is 38.1 Å². The number of ether oxygens (including phenoxy) is 2. The smallest absolute Gasteiger partial charge is 0.318 e. The van der Waals surface area contributed by atoms with E-state index in [1.54, 1.807) is 24.1 Å². The number of nitrogens with zero attached hydrogens (tertiary/aromatic N) is 1. The summed E-state index contributed by atoms with van der Waals surface area (Å²) in [5.74, 6) is 1.41. The molecule has 138 valence electrons. The number of amides is 2. The molecule has 1 aliphatic rings. The van der Waals surface area contributed by atoms with Crippen molar-refractivity contribution in [3.05, 3.63) is 57.6 Å². The molecule has 2 aromatic rings. The zero-order valence-corrected chi connectivity index (χ0v) is 16.3. The minimum absolute atomic E-state index is 0.188. The Morgan fingerprint density at radius 2 is 1.85 bits per heavy atom. The van der Waals surface area contributed by atoms with E-state index in [4.69, 9.17) is 32.7 Å². The van der Waals surface area contributed by atoms with Gasteiger partial charge in [0.25, 0.3) is 0 Å². The van der Waals surface area contributed by atoms with Gasteiger partial charge in [0.1, 0.15) is 0 Å². The molecule has 0 aliphatic carbocycles. The van der Waals surface area contributed by atoms with Crippen LogP contribution in [0.4, 0.5) is 4.79 Å². The van der Waals surface area contributed by atoms with E-state index in [0.717, 1.165) is 16.9 Å².